The fourth-order valence-electron chi connectivity index (χ4n) is 3.42. The van der Waals surface area contributed by atoms with Crippen molar-refractivity contribution in [3.8, 4) is 27.7 Å². The third-order valence-electron chi connectivity index (χ3n) is 4.73. The summed E-state index contributed by atoms with van der Waals surface area (Å²) in [6.45, 7) is 3.88. The van der Waals surface area contributed by atoms with Crippen molar-refractivity contribution < 1.29 is 19.0 Å². The van der Waals surface area contributed by atoms with E-state index in [0.29, 0.717) is 23.2 Å². The number of nitrogens with zero attached hydrogens (tertiary/aromatic N) is 1. The zero-order valence-corrected chi connectivity index (χ0v) is 16.5. The van der Waals surface area contributed by atoms with E-state index in [2.05, 4.69) is 6.92 Å². The molecule has 0 spiro atoms. The molecule has 1 saturated heterocycles. The highest BCUT2D eigenvalue weighted by molar-refractivity contribution is 7.17. The molecule has 0 radical (unpaired) electrons. The second-order valence-corrected chi connectivity index (χ2v) is 7.63. The van der Waals surface area contributed by atoms with E-state index in [1.54, 1.807) is 21.3 Å². The maximum Gasteiger partial charge on any atom is 0.263 e. The summed E-state index contributed by atoms with van der Waals surface area (Å²) in [6.07, 6.45) is 2.27. The Hall–Kier alpha value is -2.21. The summed E-state index contributed by atoms with van der Waals surface area (Å²) in [7, 11) is 4.79. The molecule has 3 rings (SSSR count). The van der Waals surface area contributed by atoms with Gasteiger partial charge in [-0.25, -0.2) is 0 Å². The van der Waals surface area contributed by atoms with Crippen molar-refractivity contribution in [1.29, 1.82) is 0 Å². The lowest BCUT2D eigenvalue weighted by molar-refractivity contribution is 0.0688. The number of carbonyl (C=O) groups is 1. The molecule has 2 heterocycles. The number of piperidine rings is 1. The van der Waals surface area contributed by atoms with Crippen molar-refractivity contribution in [3.63, 3.8) is 0 Å². The molecule has 0 aliphatic carbocycles. The number of methoxy groups -OCH3 is 3. The molecular formula is C20H25NO4S. The van der Waals surface area contributed by atoms with Crippen molar-refractivity contribution in [1.82, 2.24) is 4.90 Å². The monoisotopic (exact) mass is 375 g/mol. The van der Waals surface area contributed by atoms with E-state index in [1.807, 2.05) is 29.2 Å². The first kappa shape index (κ1) is 18.6. The minimum absolute atomic E-state index is 0.118. The number of carbonyl (C=O) groups excluding carboxylic acids is 1. The Bertz CT molecular complexity index is 786. The molecule has 0 N–H and O–H groups in total. The lowest BCUT2D eigenvalue weighted by Crippen LogP contribution is -2.38. The molecule has 1 amide bonds. The molecule has 140 valence electrons. The van der Waals surface area contributed by atoms with Gasteiger partial charge in [0.1, 0.15) is 0 Å². The molecule has 0 bridgehead atoms. The predicted octanol–water partition coefficient (Wildman–Crippen LogP) is 4.31. The van der Waals surface area contributed by atoms with Crippen molar-refractivity contribution in [2.24, 2.45) is 5.92 Å². The zero-order chi connectivity index (χ0) is 18.7. The normalized spacial score (nSPS) is 17.1. The summed E-state index contributed by atoms with van der Waals surface area (Å²) in [4.78, 5) is 16.5. The molecule has 1 fully saturated rings. The predicted molar refractivity (Wildman–Crippen MR) is 104 cm³/mol. The lowest BCUT2D eigenvalue weighted by Gasteiger charge is -2.30. The van der Waals surface area contributed by atoms with Crippen molar-refractivity contribution in [2.45, 2.75) is 19.8 Å². The van der Waals surface area contributed by atoms with Crippen molar-refractivity contribution in [3.05, 3.63) is 29.1 Å². The highest BCUT2D eigenvalue weighted by atomic mass is 32.1. The van der Waals surface area contributed by atoms with Gasteiger partial charge in [-0.2, -0.15) is 0 Å². The number of rotatable bonds is 5. The van der Waals surface area contributed by atoms with Crippen LogP contribution in [0.1, 0.15) is 29.4 Å². The number of thiophene rings is 1. The topological polar surface area (TPSA) is 48.0 Å². The number of ether oxygens (including phenoxy) is 3. The number of hydrogen-bond acceptors (Lipinski definition) is 5. The average Bonchev–Trinajstić information content (AvgIpc) is 3.15. The van der Waals surface area contributed by atoms with E-state index < -0.39 is 0 Å². The molecule has 1 aromatic heterocycles. The summed E-state index contributed by atoms with van der Waals surface area (Å²) in [5.74, 6) is 2.46. The van der Waals surface area contributed by atoms with Gasteiger partial charge in [-0.1, -0.05) is 6.92 Å². The van der Waals surface area contributed by atoms with Crippen LogP contribution in [0.25, 0.3) is 10.4 Å². The summed E-state index contributed by atoms with van der Waals surface area (Å²) in [5, 5.41) is 0. The maximum absolute atomic E-state index is 12.8. The first-order chi connectivity index (χ1) is 12.6. The van der Waals surface area contributed by atoms with E-state index >= 15 is 0 Å². The molecule has 1 aliphatic heterocycles. The number of hydrogen-bond donors (Lipinski definition) is 0. The fourth-order valence-corrected chi connectivity index (χ4v) is 4.42. The van der Waals surface area contributed by atoms with Crippen LogP contribution in [0.3, 0.4) is 0 Å². The third-order valence-corrected chi connectivity index (χ3v) is 5.84. The quantitative estimate of drug-likeness (QED) is 0.781. The van der Waals surface area contributed by atoms with Crippen LogP contribution < -0.4 is 14.2 Å². The maximum atomic E-state index is 12.8. The molecule has 1 aliphatic rings. The van der Waals surface area contributed by atoms with Crippen LogP contribution in [0.2, 0.25) is 0 Å². The van der Waals surface area contributed by atoms with Gasteiger partial charge in [0.15, 0.2) is 11.5 Å². The summed E-state index contributed by atoms with van der Waals surface area (Å²) in [6, 6.07) is 7.65. The standard InChI is InChI=1S/C20H25NO4S/c1-13-6-5-11-21(12-13)20(22)17-10-9-16(26-17)14-7-8-15(23-2)19(25-4)18(14)24-3/h7-10,13H,5-6,11-12H2,1-4H3. The van der Waals surface area contributed by atoms with E-state index in [4.69, 9.17) is 14.2 Å². The summed E-state index contributed by atoms with van der Waals surface area (Å²) in [5.41, 5.74) is 0.890. The van der Waals surface area contributed by atoms with Gasteiger partial charge in [-0.05, 0) is 43.0 Å². The Labute approximate surface area is 158 Å². The van der Waals surface area contributed by atoms with E-state index in [9.17, 15) is 4.79 Å². The zero-order valence-electron chi connectivity index (χ0n) is 15.7. The lowest BCUT2D eigenvalue weighted by atomic mass is 10.0. The van der Waals surface area contributed by atoms with Crippen LogP contribution in [0, 0.1) is 5.92 Å². The van der Waals surface area contributed by atoms with Gasteiger partial charge in [0.05, 0.1) is 26.2 Å². The second-order valence-electron chi connectivity index (χ2n) is 6.54. The van der Waals surface area contributed by atoms with E-state index in [1.165, 1.54) is 17.8 Å². The molecule has 5 nitrogen and oxygen atoms in total. The second kappa shape index (κ2) is 7.99. The molecule has 2 aromatic rings. The Morgan fingerprint density at radius 2 is 1.85 bits per heavy atom. The van der Waals surface area contributed by atoms with Crippen LogP contribution in [-0.2, 0) is 0 Å². The largest absolute Gasteiger partial charge is 0.493 e. The molecule has 1 atom stereocenters. The Balaban J connectivity index is 1.91. The van der Waals surface area contributed by atoms with Gasteiger partial charge in [-0.3, -0.25) is 4.79 Å². The van der Waals surface area contributed by atoms with Crippen LogP contribution in [-0.4, -0.2) is 45.2 Å². The molecule has 0 saturated carbocycles. The highest BCUT2D eigenvalue weighted by Gasteiger charge is 2.24. The van der Waals surface area contributed by atoms with Gasteiger partial charge in [-0.15, -0.1) is 11.3 Å². The number of likely N-dealkylation sites (tertiary alicyclic amines) is 1. The van der Waals surface area contributed by atoms with Crippen LogP contribution >= 0.6 is 11.3 Å². The molecule has 6 heteroatoms. The summed E-state index contributed by atoms with van der Waals surface area (Å²) < 4.78 is 16.4. The Morgan fingerprint density at radius 3 is 2.50 bits per heavy atom. The molecule has 26 heavy (non-hydrogen) atoms. The van der Waals surface area contributed by atoms with Gasteiger partial charge >= 0.3 is 0 Å². The van der Waals surface area contributed by atoms with Gasteiger partial charge in [0.2, 0.25) is 5.75 Å². The van der Waals surface area contributed by atoms with Gasteiger partial charge in [0, 0.05) is 23.5 Å². The Morgan fingerprint density at radius 1 is 1.08 bits per heavy atom. The van der Waals surface area contributed by atoms with E-state index in [0.717, 1.165) is 34.8 Å². The highest BCUT2D eigenvalue weighted by Crippen LogP contribution is 2.46. The first-order valence-corrected chi connectivity index (χ1v) is 9.59. The van der Waals surface area contributed by atoms with Gasteiger partial charge in [0.25, 0.3) is 5.91 Å². The molecule has 1 unspecified atom stereocenters. The van der Waals surface area contributed by atoms with Crippen LogP contribution in [0.5, 0.6) is 17.2 Å². The fraction of sp³-hybridized carbons (Fsp3) is 0.450. The minimum Gasteiger partial charge on any atom is -0.493 e. The first-order valence-electron chi connectivity index (χ1n) is 8.77. The van der Waals surface area contributed by atoms with Crippen molar-refractivity contribution in [2.75, 3.05) is 34.4 Å². The van der Waals surface area contributed by atoms with E-state index in [-0.39, 0.29) is 5.91 Å². The van der Waals surface area contributed by atoms with Gasteiger partial charge < -0.3 is 19.1 Å². The average molecular weight is 375 g/mol. The number of amides is 1. The third kappa shape index (κ3) is 3.51. The van der Waals surface area contributed by atoms with Crippen LogP contribution in [0.15, 0.2) is 24.3 Å². The SMILES string of the molecule is COc1ccc(-c2ccc(C(=O)N3CCCC(C)C3)s2)c(OC)c1OC. The Kier molecular flexibility index (Phi) is 5.71. The smallest absolute Gasteiger partial charge is 0.263 e. The summed E-state index contributed by atoms with van der Waals surface area (Å²) >= 11 is 1.48. The van der Waals surface area contributed by atoms with Crippen molar-refractivity contribution >= 4 is 17.2 Å². The number of benzene rings is 1. The molecule has 1 aromatic carbocycles. The molecular weight excluding hydrogens is 350 g/mol. The minimum atomic E-state index is 0.118. The van der Waals surface area contributed by atoms with Crippen LogP contribution in [0.4, 0.5) is 0 Å².